The minimum Gasteiger partial charge on any atom is -0.480 e. The van der Waals surface area contributed by atoms with E-state index in [4.69, 9.17) is 15.9 Å². The lowest BCUT2D eigenvalue weighted by Crippen LogP contribution is -2.36. The number of aromatic nitrogens is 1. The van der Waals surface area contributed by atoms with Crippen molar-refractivity contribution in [3.05, 3.63) is 59.4 Å². The molecule has 286 valence electrons. The summed E-state index contributed by atoms with van der Waals surface area (Å²) in [5.74, 6) is -0.598. The van der Waals surface area contributed by atoms with Gasteiger partial charge in [-0.05, 0) is 60.6 Å². The number of thioether (sulfide) groups is 1. The van der Waals surface area contributed by atoms with Gasteiger partial charge in [0.05, 0.1) is 5.71 Å². The molecule has 1 aromatic carbocycles. The Hall–Kier alpha value is -4.50. The highest BCUT2D eigenvalue weighted by atomic mass is 32.2. The number of urea groups is 1. The van der Waals surface area contributed by atoms with E-state index in [1.807, 2.05) is 42.2 Å². The van der Waals surface area contributed by atoms with Gasteiger partial charge in [-0.15, -0.1) is 0 Å². The second-order valence-electron chi connectivity index (χ2n) is 14.1. The predicted molar refractivity (Wildman–Crippen MR) is 204 cm³/mol. The molecule has 1 fully saturated rings. The lowest BCUT2D eigenvalue weighted by atomic mass is 9.93. The lowest BCUT2D eigenvalue weighted by Gasteiger charge is -2.28. The van der Waals surface area contributed by atoms with Crippen molar-refractivity contribution in [2.24, 2.45) is 16.8 Å². The molecule has 5 rings (SSSR count). The van der Waals surface area contributed by atoms with Crippen molar-refractivity contribution in [3.8, 4) is 0 Å². The molecule has 5 amide bonds. The minimum absolute atomic E-state index is 0.0100. The van der Waals surface area contributed by atoms with E-state index >= 15 is 0 Å². The van der Waals surface area contributed by atoms with Crippen LogP contribution in [0.3, 0.4) is 0 Å². The van der Waals surface area contributed by atoms with Crippen LogP contribution in [0.5, 0.6) is 0 Å². The Labute approximate surface area is 315 Å². The maximum Gasteiger partial charge on any atom is 0.322 e. The van der Waals surface area contributed by atoms with E-state index in [0.29, 0.717) is 70.0 Å². The summed E-state index contributed by atoms with van der Waals surface area (Å²) in [6, 6.07) is 8.48. The zero-order valence-corrected chi connectivity index (χ0v) is 31.3. The fourth-order valence-corrected chi connectivity index (χ4v) is 7.92. The van der Waals surface area contributed by atoms with Gasteiger partial charge in [-0.1, -0.05) is 38.3 Å². The third kappa shape index (κ3) is 11.7. The van der Waals surface area contributed by atoms with Crippen LogP contribution in [0.1, 0.15) is 87.8 Å². The van der Waals surface area contributed by atoms with Crippen LogP contribution in [0.15, 0.2) is 47.8 Å². The van der Waals surface area contributed by atoms with E-state index in [1.165, 1.54) is 11.8 Å². The molecule has 2 unspecified atom stereocenters. The van der Waals surface area contributed by atoms with Crippen LogP contribution in [-0.4, -0.2) is 104 Å². The van der Waals surface area contributed by atoms with E-state index in [-0.39, 0.29) is 34.9 Å². The molecule has 0 bridgehead atoms. The number of hydrazone groups is 1. The van der Waals surface area contributed by atoms with Gasteiger partial charge in [-0.25, -0.2) is 9.80 Å². The average Bonchev–Trinajstić information content (AvgIpc) is 3.74. The molecule has 3 atom stereocenters. The number of benzene rings is 1. The number of nitrogens with one attached hydrogen (secondary N) is 2. The van der Waals surface area contributed by atoms with Crippen molar-refractivity contribution in [3.63, 3.8) is 0 Å². The summed E-state index contributed by atoms with van der Waals surface area (Å²) in [6.45, 7) is 5.54. The van der Waals surface area contributed by atoms with Crippen molar-refractivity contribution in [1.29, 1.82) is 0 Å². The first-order valence-electron chi connectivity index (χ1n) is 18.7. The quantitative estimate of drug-likeness (QED) is 0.153. The summed E-state index contributed by atoms with van der Waals surface area (Å²) < 4.78 is 0. The van der Waals surface area contributed by atoms with Gasteiger partial charge < -0.3 is 31.3 Å². The summed E-state index contributed by atoms with van der Waals surface area (Å²) in [5, 5.41) is 21.3. The molecule has 14 nitrogen and oxygen atoms in total. The van der Waals surface area contributed by atoms with Gasteiger partial charge >= 0.3 is 12.0 Å². The lowest BCUT2D eigenvalue weighted by molar-refractivity contribution is -0.138. The van der Waals surface area contributed by atoms with Gasteiger partial charge in [0.15, 0.2) is 0 Å². The number of aliphatic carboxylic acids is 1. The zero-order valence-electron chi connectivity index (χ0n) is 30.5. The Kier molecular flexibility index (Phi) is 14.6. The number of carboxylic acids is 1. The molecule has 1 saturated heterocycles. The Morgan fingerprint density at radius 2 is 1.68 bits per heavy atom. The van der Waals surface area contributed by atoms with Crippen molar-refractivity contribution < 1.29 is 29.1 Å². The first kappa shape index (κ1) is 39.7. The van der Waals surface area contributed by atoms with E-state index in [0.717, 1.165) is 67.3 Å². The van der Waals surface area contributed by atoms with Gasteiger partial charge in [-0.2, -0.15) is 16.9 Å². The SMILES string of the molecule is CC1CC(=O)N(CCCCCCNC(=O)CCCCCN2CC(SC[C@H](N)C(=O)O)CC2=O)N=C1c1ccc(NC(=O)N2Cc3ccncc3C2)cc1. The molecule has 53 heavy (non-hydrogen) atoms. The number of nitrogens with two attached hydrogens (primary N) is 1. The normalized spacial score (nSPS) is 18.9. The summed E-state index contributed by atoms with van der Waals surface area (Å²) in [6.07, 6.45) is 10.8. The number of carboxylic acid groups (broad SMARTS) is 1. The minimum atomic E-state index is -1.03. The number of amides is 5. The number of anilines is 1. The number of hydrogen-bond acceptors (Lipinski definition) is 9. The average molecular weight is 749 g/mol. The fourth-order valence-electron chi connectivity index (χ4n) is 6.75. The second-order valence-corrected chi connectivity index (χ2v) is 15.5. The molecular weight excluding hydrogens is 697 g/mol. The fraction of sp³-hybridized carbons (Fsp3) is 0.553. The number of pyridine rings is 1. The molecule has 3 aliphatic heterocycles. The highest BCUT2D eigenvalue weighted by molar-refractivity contribution is 8.00. The van der Waals surface area contributed by atoms with Crippen molar-refractivity contribution >= 4 is 52.9 Å². The summed E-state index contributed by atoms with van der Waals surface area (Å²) in [5.41, 5.74) is 10.2. The smallest absolute Gasteiger partial charge is 0.322 e. The van der Waals surface area contributed by atoms with Gasteiger partial charge in [0.25, 0.3) is 0 Å². The third-order valence-electron chi connectivity index (χ3n) is 9.87. The molecule has 1 aromatic heterocycles. The Balaban J connectivity index is 0.917. The number of carbonyl (C=O) groups excluding carboxylic acids is 4. The Morgan fingerprint density at radius 1 is 0.943 bits per heavy atom. The molecule has 2 aromatic rings. The largest absolute Gasteiger partial charge is 0.480 e. The summed E-state index contributed by atoms with van der Waals surface area (Å²) in [4.78, 5) is 68.8. The number of rotatable bonds is 19. The van der Waals surface area contributed by atoms with Crippen molar-refractivity contribution in [1.82, 2.24) is 25.1 Å². The summed E-state index contributed by atoms with van der Waals surface area (Å²) in [7, 11) is 0. The van der Waals surface area contributed by atoms with Crippen LogP contribution in [0.2, 0.25) is 0 Å². The van der Waals surface area contributed by atoms with Gasteiger partial charge in [0, 0.05) is 93.5 Å². The highest BCUT2D eigenvalue weighted by Gasteiger charge is 2.31. The first-order chi connectivity index (χ1) is 25.6. The zero-order chi connectivity index (χ0) is 37.7. The molecule has 4 heterocycles. The van der Waals surface area contributed by atoms with Crippen LogP contribution in [0, 0.1) is 5.92 Å². The van der Waals surface area contributed by atoms with Gasteiger partial charge in [-0.3, -0.25) is 24.2 Å². The number of likely N-dealkylation sites (tertiary alicyclic amines) is 1. The van der Waals surface area contributed by atoms with Crippen molar-refractivity contribution in [2.75, 3.05) is 37.2 Å². The van der Waals surface area contributed by atoms with Crippen LogP contribution in [0.4, 0.5) is 10.5 Å². The maximum absolute atomic E-state index is 12.8. The number of carbonyl (C=O) groups is 5. The Bertz CT molecular complexity index is 1610. The molecule has 3 aliphatic rings. The molecule has 0 saturated carbocycles. The van der Waals surface area contributed by atoms with Crippen LogP contribution >= 0.6 is 11.8 Å². The van der Waals surface area contributed by atoms with Crippen LogP contribution < -0.4 is 16.4 Å². The number of unbranched alkanes of at least 4 members (excludes halogenated alkanes) is 5. The Morgan fingerprint density at radius 3 is 2.45 bits per heavy atom. The van der Waals surface area contributed by atoms with E-state index in [9.17, 15) is 24.0 Å². The van der Waals surface area contributed by atoms with Gasteiger partial charge in [0.2, 0.25) is 17.7 Å². The molecule has 0 spiro atoms. The van der Waals surface area contributed by atoms with E-state index in [2.05, 4.69) is 15.6 Å². The molecule has 15 heteroatoms. The second kappa shape index (κ2) is 19.5. The molecular formula is C38H52N8O6S. The number of nitrogens with zero attached hydrogens (tertiary/aromatic N) is 5. The maximum atomic E-state index is 12.8. The highest BCUT2D eigenvalue weighted by Crippen LogP contribution is 2.26. The third-order valence-corrected chi connectivity index (χ3v) is 11.2. The van der Waals surface area contributed by atoms with Crippen LogP contribution in [0.25, 0.3) is 0 Å². The topological polar surface area (TPSA) is 191 Å². The molecule has 5 N–H and O–H groups in total. The predicted octanol–water partition coefficient (Wildman–Crippen LogP) is 4.18. The monoisotopic (exact) mass is 748 g/mol. The first-order valence-corrected chi connectivity index (χ1v) is 19.7. The number of hydrogen-bond donors (Lipinski definition) is 4. The molecule has 0 radical (unpaired) electrons. The van der Waals surface area contributed by atoms with Crippen molar-refractivity contribution in [2.45, 2.75) is 95.5 Å². The van der Waals surface area contributed by atoms with Gasteiger partial charge in [0.1, 0.15) is 6.04 Å². The molecule has 0 aliphatic carbocycles. The summed E-state index contributed by atoms with van der Waals surface area (Å²) >= 11 is 1.44. The van der Waals surface area contributed by atoms with E-state index < -0.39 is 12.0 Å². The van der Waals surface area contributed by atoms with E-state index in [1.54, 1.807) is 22.3 Å². The number of fused-ring (bicyclic) bond motifs is 1. The van der Waals surface area contributed by atoms with Crippen LogP contribution in [-0.2, 0) is 32.3 Å². The standard InChI is InChI=1S/C38H52N8O6S/c1-26-19-35(49)46(43-36(26)27-10-12-30(13-11-27)42-38(52)45-22-28-14-16-40-21-29(28)23-45)18-8-3-2-6-15-41-33(47)9-5-4-7-17-44-24-31(20-34(44)48)53-25-32(39)37(50)51/h10-14,16,21,26,31-32H,2-9,15,17-20,22-25,39H2,1H3,(H,41,47)(H,42,52)(H,50,51)/t26?,31?,32-/m0/s1.